The van der Waals surface area contributed by atoms with Gasteiger partial charge in [0.05, 0.1) is 0 Å². The molecule has 14 rings (SSSR count). The van der Waals surface area contributed by atoms with Crippen molar-refractivity contribution in [2.24, 2.45) is 0 Å². The van der Waals surface area contributed by atoms with Crippen LogP contribution in [0, 0.1) is 0 Å². The van der Waals surface area contributed by atoms with E-state index in [1.165, 1.54) is 174 Å². The summed E-state index contributed by atoms with van der Waals surface area (Å²) in [5.41, 5.74) is 41.2. The van der Waals surface area contributed by atoms with Gasteiger partial charge in [0.1, 0.15) is 56.4 Å². The van der Waals surface area contributed by atoms with Crippen LogP contribution in [0.4, 0.5) is 34.1 Å². The minimum atomic E-state index is -0.0927. The zero-order chi connectivity index (χ0) is 81.5. The lowest BCUT2D eigenvalue weighted by molar-refractivity contribution is -0.462. The Morgan fingerprint density at radius 1 is 0.286 bits per heavy atom. The molecule has 0 bridgehead atoms. The summed E-state index contributed by atoms with van der Waals surface area (Å²) in [7, 11) is 33.7. The Bertz CT molecular complexity index is 5210. The number of fused-ring (bicyclic) bond motifs is 8. The second-order valence-electron chi connectivity index (χ2n) is 34.7. The van der Waals surface area contributed by atoms with E-state index >= 15 is 0 Å². The van der Waals surface area contributed by atoms with E-state index in [0.29, 0.717) is 0 Å². The molecular formula is C102H130N10+4. The summed E-state index contributed by atoms with van der Waals surface area (Å²) in [6, 6.07) is 45.9. The highest BCUT2D eigenvalue weighted by Crippen LogP contribution is 2.54. The molecule has 0 saturated carbocycles. The van der Waals surface area contributed by atoms with Gasteiger partial charge in [-0.1, -0.05) is 111 Å². The van der Waals surface area contributed by atoms with Crippen molar-refractivity contribution in [3.63, 3.8) is 0 Å². The van der Waals surface area contributed by atoms with E-state index in [9.17, 15) is 0 Å². The molecule has 8 aliphatic carbocycles. The van der Waals surface area contributed by atoms with Gasteiger partial charge in [-0.05, 0) is 254 Å². The second kappa shape index (κ2) is 32.8. The maximum Gasteiger partial charge on any atom is 0.199 e. The van der Waals surface area contributed by atoms with Crippen LogP contribution in [0.15, 0.2) is 239 Å². The predicted octanol–water partition coefficient (Wildman–Crippen LogP) is 19.9. The van der Waals surface area contributed by atoms with Crippen molar-refractivity contribution >= 4 is 79.8 Å². The van der Waals surface area contributed by atoms with Crippen LogP contribution in [-0.2, 0) is 21.7 Å². The number of nitrogens with zero attached hydrogens (tertiary/aromatic N) is 10. The standard InChI is InChI=1S/C32H42N3.C28H34N3.C22H29N2.C20H25N2/c1-9-34(10-2)24-15-13-23(14-16-24)31-27-19-17-25(33(7)8)21-29(27)32(5,6)30-22-26(18-20-28(30)31)35(11-3)12-4;1-28(2)25-17-21(30(5)6)13-15-23(25)27(19-9-11-20(12-10-19)29(3)4)24-16-14-22(31(7)8)18-26(24)28;1-8-17-18-11-9-15(23(4)5)13-20(18)22(2,3)21-14-16(24(6)7)10-12-19(17)21;1-20(2)18-12-16(21(3)4)9-7-14(18)11-15-8-10-17(22(5)6)13-19(15)20/h13-22H,9-12H2,1-8H3;9-18H,1-8H3;9-14H,8H2,1-7H3;7-13H,1-6H3/q4*+1. The van der Waals surface area contributed by atoms with Crippen LogP contribution < -0.4 is 29.4 Å². The van der Waals surface area contributed by atoms with Gasteiger partial charge in [0.2, 0.25) is 0 Å². The predicted molar refractivity (Wildman–Crippen MR) is 490 cm³/mol. The van der Waals surface area contributed by atoms with E-state index in [0.717, 1.165) is 32.6 Å². The van der Waals surface area contributed by atoms with Crippen molar-refractivity contribution in [2.45, 2.75) is 118 Å². The van der Waals surface area contributed by atoms with E-state index < -0.39 is 0 Å². The molecule has 6 aromatic rings. The van der Waals surface area contributed by atoms with Crippen molar-refractivity contribution in [2.75, 3.05) is 168 Å². The largest absolute Gasteiger partial charge is 0.378 e. The summed E-state index contributed by atoms with van der Waals surface area (Å²) < 4.78 is 8.75. The van der Waals surface area contributed by atoms with Crippen molar-refractivity contribution in [3.8, 4) is 0 Å². The number of anilines is 6. The highest BCUT2D eigenvalue weighted by molar-refractivity contribution is 6.09. The number of rotatable bonds is 13. The maximum absolute atomic E-state index is 2.45. The molecular weight excluding hydrogens is 1370 g/mol. The molecule has 0 N–H and O–H groups in total. The SMILES string of the molecule is CCC1=C2C=CC(=[N+](C)C)C=C2C(C)(C)c2cc(N(C)C)ccc21.CCN(CC)c1ccc(C2=C3C=CC(=[N+](C)C)C=C3C(C)(C)c3cc(N(CC)CC)ccc32)cc1.CN(C)c1ccc(C2=C3C=CC(=[N+](C)C)C=C3C(C)(C)c3cc(N(C)C)ccc32)cc1.CN(C)c1ccc2c(c1)C(C)(C)C1=CC(=[N+](C)C)C=CC1=C2. The van der Waals surface area contributed by atoms with E-state index in [1.807, 2.05) is 0 Å². The number of hydrogen-bond donors (Lipinski definition) is 0. The summed E-state index contributed by atoms with van der Waals surface area (Å²) in [5.74, 6) is 0. The molecule has 0 aromatic heterocycles. The van der Waals surface area contributed by atoms with Gasteiger partial charge in [0.15, 0.2) is 22.8 Å². The van der Waals surface area contributed by atoms with Gasteiger partial charge in [-0.2, -0.15) is 0 Å². The van der Waals surface area contributed by atoms with Gasteiger partial charge in [-0.3, -0.25) is 0 Å². The quantitative estimate of drug-likeness (QED) is 0.107. The molecule has 112 heavy (non-hydrogen) atoms. The fourth-order valence-electron chi connectivity index (χ4n) is 17.4. The Kier molecular flexibility index (Phi) is 24.2. The number of allylic oxidation sites excluding steroid dienone is 21. The Morgan fingerprint density at radius 3 is 0.982 bits per heavy atom. The average molecular weight is 1500 g/mol. The highest BCUT2D eigenvalue weighted by atomic mass is 15.1. The molecule has 0 aliphatic heterocycles. The first-order valence-electron chi connectivity index (χ1n) is 40.7. The minimum absolute atomic E-state index is 0.00137. The van der Waals surface area contributed by atoms with E-state index in [1.54, 1.807) is 0 Å². The zero-order valence-electron chi connectivity index (χ0n) is 73.6. The van der Waals surface area contributed by atoms with Crippen molar-refractivity contribution < 1.29 is 18.3 Å². The van der Waals surface area contributed by atoms with Crippen LogP contribution in [0.25, 0.3) is 22.8 Å². The van der Waals surface area contributed by atoms with Crippen molar-refractivity contribution in [3.05, 3.63) is 294 Å². The Labute approximate surface area is 674 Å². The second-order valence-corrected chi connectivity index (χ2v) is 34.7. The number of hydrogen-bond acceptors (Lipinski definition) is 6. The molecule has 0 saturated heterocycles. The molecule has 0 spiro atoms. The lowest BCUT2D eigenvalue weighted by Gasteiger charge is -2.39. The Balaban J connectivity index is 0.000000150. The minimum Gasteiger partial charge on any atom is -0.378 e. The molecule has 10 heteroatoms. The molecule has 0 unspecified atom stereocenters. The third-order valence-corrected chi connectivity index (χ3v) is 24.6. The molecule has 0 atom stereocenters. The lowest BCUT2D eigenvalue weighted by atomic mass is 9.64. The van der Waals surface area contributed by atoms with Gasteiger partial charge in [0, 0.05) is 187 Å². The molecule has 8 aliphatic rings. The van der Waals surface area contributed by atoms with Crippen LogP contribution in [0.2, 0.25) is 0 Å². The fourth-order valence-corrected chi connectivity index (χ4v) is 17.4. The monoisotopic (exact) mass is 1500 g/mol. The zero-order valence-corrected chi connectivity index (χ0v) is 73.6. The summed E-state index contributed by atoms with van der Waals surface area (Å²) in [6.45, 7) is 34.1. The van der Waals surface area contributed by atoms with E-state index in [4.69, 9.17) is 0 Å². The average Bonchev–Trinajstić information content (AvgIpc) is 0.732. The summed E-state index contributed by atoms with van der Waals surface area (Å²) in [4.78, 5) is 13.5. The van der Waals surface area contributed by atoms with E-state index in [-0.39, 0.29) is 21.7 Å². The van der Waals surface area contributed by atoms with E-state index in [2.05, 4.69) is 451 Å². The van der Waals surface area contributed by atoms with Crippen LogP contribution >= 0.6 is 0 Å². The summed E-state index contributed by atoms with van der Waals surface area (Å²) in [6.07, 6.45) is 31.0. The van der Waals surface area contributed by atoms with Crippen LogP contribution in [0.3, 0.4) is 0 Å². The topological polar surface area (TPSA) is 31.5 Å². The molecule has 6 aromatic carbocycles. The molecule has 0 fully saturated rings. The third kappa shape index (κ3) is 15.8. The fraction of sp³-hybridized carbons (Fsp3) is 0.373. The highest BCUT2D eigenvalue weighted by Gasteiger charge is 2.43. The van der Waals surface area contributed by atoms with Gasteiger partial charge in [0.25, 0.3) is 0 Å². The molecule has 584 valence electrons. The molecule has 0 heterocycles. The Hall–Kier alpha value is -10.3. The molecule has 0 amide bonds. The van der Waals surface area contributed by atoms with Gasteiger partial charge in [-0.25, -0.2) is 18.3 Å². The van der Waals surface area contributed by atoms with Crippen LogP contribution in [0.1, 0.15) is 152 Å². The Morgan fingerprint density at radius 2 is 0.589 bits per heavy atom. The van der Waals surface area contributed by atoms with Gasteiger partial charge >= 0.3 is 0 Å². The molecule has 0 radical (unpaired) electrons. The first-order chi connectivity index (χ1) is 52.9. The third-order valence-electron chi connectivity index (χ3n) is 24.6. The lowest BCUT2D eigenvalue weighted by Crippen LogP contribution is -2.31. The molecule has 10 nitrogen and oxygen atoms in total. The smallest absolute Gasteiger partial charge is 0.199 e. The van der Waals surface area contributed by atoms with Crippen molar-refractivity contribution in [1.29, 1.82) is 0 Å². The summed E-state index contributed by atoms with van der Waals surface area (Å²) in [5, 5.41) is 0. The summed E-state index contributed by atoms with van der Waals surface area (Å²) >= 11 is 0. The first kappa shape index (κ1) is 82.6. The normalized spacial score (nSPS) is 17.0. The van der Waals surface area contributed by atoms with Crippen LogP contribution in [-0.4, -0.2) is 180 Å². The maximum atomic E-state index is 2.45. The first-order valence-corrected chi connectivity index (χ1v) is 40.7. The van der Waals surface area contributed by atoms with Crippen LogP contribution in [0.5, 0.6) is 0 Å². The van der Waals surface area contributed by atoms with Gasteiger partial charge < -0.3 is 29.4 Å². The van der Waals surface area contributed by atoms with Crippen molar-refractivity contribution in [1.82, 2.24) is 0 Å². The number of benzene rings is 6. The van der Waals surface area contributed by atoms with Gasteiger partial charge in [-0.15, -0.1) is 0 Å².